The highest BCUT2D eigenvalue weighted by Gasteiger charge is 2.12. The fourth-order valence-corrected chi connectivity index (χ4v) is 1.44. The van der Waals surface area contributed by atoms with Crippen molar-refractivity contribution in [3.8, 4) is 0 Å². The summed E-state index contributed by atoms with van der Waals surface area (Å²) in [6.07, 6.45) is 0.700. The van der Waals surface area contributed by atoms with Gasteiger partial charge in [0.2, 0.25) is 0 Å². The molecule has 1 aromatic rings. The number of hydrogen-bond acceptors (Lipinski definition) is 1. The monoisotopic (exact) mass is 181 g/mol. The number of halogens is 1. The molecule has 0 heterocycles. The maximum atomic E-state index is 13.0. The van der Waals surface area contributed by atoms with Gasteiger partial charge >= 0.3 is 0 Å². The van der Waals surface area contributed by atoms with Crippen LogP contribution >= 0.6 is 0 Å². The Labute approximate surface area is 78.8 Å². The molecule has 0 radical (unpaired) electrons. The number of aryl methyl sites for hydroxylation is 1. The van der Waals surface area contributed by atoms with Crippen molar-refractivity contribution in [1.29, 1.82) is 0 Å². The van der Waals surface area contributed by atoms with Crippen LogP contribution in [0.25, 0.3) is 0 Å². The van der Waals surface area contributed by atoms with Crippen molar-refractivity contribution >= 4 is 0 Å². The number of nitrogens with two attached hydrogens (primary N) is 1. The maximum Gasteiger partial charge on any atom is 0.123 e. The van der Waals surface area contributed by atoms with Crippen molar-refractivity contribution in [2.75, 3.05) is 0 Å². The highest BCUT2D eigenvalue weighted by molar-refractivity contribution is 5.24. The van der Waals surface area contributed by atoms with E-state index in [0.717, 1.165) is 11.1 Å². The standard InChI is InChI=1S/C11H16FN/c1-8-4-9(6-10(12)5-8)7-11(2,3)13/h4-6H,7,13H2,1-3H3. The summed E-state index contributed by atoms with van der Waals surface area (Å²) in [5, 5.41) is 0. The first-order valence-electron chi connectivity index (χ1n) is 4.42. The van der Waals surface area contributed by atoms with Gasteiger partial charge in [-0.1, -0.05) is 6.07 Å². The van der Waals surface area contributed by atoms with Gasteiger partial charge in [-0.15, -0.1) is 0 Å². The van der Waals surface area contributed by atoms with Gasteiger partial charge in [-0.05, 0) is 50.5 Å². The van der Waals surface area contributed by atoms with Crippen LogP contribution in [0.5, 0.6) is 0 Å². The second kappa shape index (κ2) is 3.46. The van der Waals surface area contributed by atoms with Gasteiger partial charge in [-0.3, -0.25) is 0 Å². The fourth-order valence-electron chi connectivity index (χ4n) is 1.44. The summed E-state index contributed by atoms with van der Waals surface area (Å²) in [4.78, 5) is 0. The summed E-state index contributed by atoms with van der Waals surface area (Å²) in [5.74, 6) is -0.181. The Hall–Kier alpha value is -0.890. The van der Waals surface area contributed by atoms with Gasteiger partial charge in [0.15, 0.2) is 0 Å². The third kappa shape index (κ3) is 3.55. The van der Waals surface area contributed by atoms with Crippen molar-refractivity contribution in [3.63, 3.8) is 0 Å². The zero-order valence-corrected chi connectivity index (χ0v) is 8.39. The van der Waals surface area contributed by atoms with Crippen LogP contribution < -0.4 is 5.73 Å². The Morgan fingerprint density at radius 1 is 1.31 bits per heavy atom. The molecule has 2 N–H and O–H groups in total. The Kier molecular flexibility index (Phi) is 2.71. The molecule has 1 rings (SSSR count). The predicted octanol–water partition coefficient (Wildman–Crippen LogP) is 2.41. The summed E-state index contributed by atoms with van der Waals surface area (Å²) in [6.45, 7) is 5.76. The Balaban J connectivity index is 2.90. The van der Waals surface area contributed by atoms with Gasteiger partial charge in [-0.25, -0.2) is 4.39 Å². The molecule has 0 saturated heterocycles. The average molecular weight is 181 g/mol. The number of hydrogen-bond donors (Lipinski definition) is 1. The SMILES string of the molecule is Cc1cc(F)cc(CC(C)(C)N)c1. The summed E-state index contributed by atoms with van der Waals surface area (Å²) in [6, 6.07) is 5.03. The average Bonchev–Trinajstić information content (AvgIpc) is 1.78. The molecule has 0 saturated carbocycles. The van der Waals surface area contributed by atoms with Crippen molar-refractivity contribution < 1.29 is 4.39 Å². The van der Waals surface area contributed by atoms with E-state index in [1.54, 1.807) is 6.07 Å². The van der Waals surface area contributed by atoms with Crippen LogP contribution in [-0.2, 0) is 6.42 Å². The van der Waals surface area contributed by atoms with Crippen LogP contribution in [0.2, 0.25) is 0 Å². The Bertz CT molecular complexity index is 279. The zero-order chi connectivity index (χ0) is 10.1. The largest absolute Gasteiger partial charge is 0.325 e. The lowest BCUT2D eigenvalue weighted by molar-refractivity contribution is 0.514. The second-order valence-corrected chi connectivity index (χ2v) is 4.30. The first kappa shape index (κ1) is 10.2. The Morgan fingerprint density at radius 2 is 1.92 bits per heavy atom. The van der Waals surface area contributed by atoms with E-state index in [1.165, 1.54) is 6.07 Å². The molecule has 0 spiro atoms. The van der Waals surface area contributed by atoms with Crippen LogP contribution in [-0.4, -0.2) is 5.54 Å². The lowest BCUT2D eigenvalue weighted by Crippen LogP contribution is -2.34. The Morgan fingerprint density at radius 3 is 2.38 bits per heavy atom. The van der Waals surface area contributed by atoms with Crippen LogP contribution in [0, 0.1) is 12.7 Å². The van der Waals surface area contributed by atoms with Crippen molar-refractivity contribution in [3.05, 3.63) is 35.1 Å². The third-order valence-electron chi connectivity index (χ3n) is 1.76. The minimum absolute atomic E-state index is 0.181. The minimum Gasteiger partial charge on any atom is -0.325 e. The van der Waals surface area contributed by atoms with E-state index in [-0.39, 0.29) is 11.4 Å². The van der Waals surface area contributed by atoms with Crippen LogP contribution in [0.15, 0.2) is 18.2 Å². The van der Waals surface area contributed by atoms with E-state index in [2.05, 4.69) is 0 Å². The normalized spacial score (nSPS) is 11.8. The molecule has 0 aliphatic rings. The van der Waals surface area contributed by atoms with Crippen LogP contribution in [0.3, 0.4) is 0 Å². The molecule has 0 aliphatic carbocycles. The van der Waals surface area contributed by atoms with E-state index >= 15 is 0 Å². The molecule has 0 amide bonds. The zero-order valence-electron chi connectivity index (χ0n) is 8.39. The van der Waals surface area contributed by atoms with Gasteiger partial charge in [0.05, 0.1) is 0 Å². The number of rotatable bonds is 2. The molecule has 0 aromatic heterocycles. The molecule has 72 valence electrons. The van der Waals surface area contributed by atoms with E-state index in [9.17, 15) is 4.39 Å². The summed E-state index contributed by atoms with van der Waals surface area (Å²) >= 11 is 0. The smallest absolute Gasteiger partial charge is 0.123 e. The molecule has 0 aliphatic heterocycles. The predicted molar refractivity (Wildman–Crippen MR) is 53.1 cm³/mol. The van der Waals surface area contributed by atoms with Gasteiger partial charge in [0.1, 0.15) is 5.82 Å². The lowest BCUT2D eigenvalue weighted by Gasteiger charge is -2.18. The van der Waals surface area contributed by atoms with E-state index in [1.807, 2.05) is 26.8 Å². The molecule has 1 aromatic carbocycles. The van der Waals surface area contributed by atoms with Crippen molar-refractivity contribution in [2.24, 2.45) is 5.73 Å². The molecule has 1 nitrogen and oxygen atoms in total. The minimum atomic E-state index is -0.278. The fraction of sp³-hybridized carbons (Fsp3) is 0.455. The third-order valence-corrected chi connectivity index (χ3v) is 1.76. The van der Waals surface area contributed by atoms with Gasteiger partial charge in [0, 0.05) is 5.54 Å². The van der Waals surface area contributed by atoms with Gasteiger partial charge in [0.25, 0.3) is 0 Å². The molecule has 0 bridgehead atoms. The van der Waals surface area contributed by atoms with E-state index in [0.29, 0.717) is 6.42 Å². The van der Waals surface area contributed by atoms with Gasteiger partial charge in [-0.2, -0.15) is 0 Å². The molecule has 13 heavy (non-hydrogen) atoms. The van der Waals surface area contributed by atoms with E-state index in [4.69, 9.17) is 5.73 Å². The topological polar surface area (TPSA) is 26.0 Å². The summed E-state index contributed by atoms with van der Waals surface area (Å²) in [7, 11) is 0. The van der Waals surface area contributed by atoms with Crippen molar-refractivity contribution in [2.45, 2.75) is 32.7 Å². The number of benzene rings is 1. The second-order valence-electron chi connectivity index (χ2n) is 4.30. The highest BCUT2D eigenvalue weighted by Crippen LogP contribution is 2.13. The lowest BCUT2D eigenvalue weighted by atomic mass is 9.95. The first-order valence-corrected chi connectivity index (χ1v) is 4.42. The molecule has 0 atom stereocenters. The maximum absolute atomic E-state index is 13.0. The van der Waals surface area contributed by atoms with Crippen LogP contribution in [0.4, 0.5) is 4.39 Å². The van der Waals surface area contributed by atoms with Crippen molar-refractivity contribution in [1.82, 2.24) is 0 Å². The molecular formula is C11H16FN. The summed E-state index contributed by atoms with van der Waals surface area (Å²) in [5.41, 5.74) is 7.47. The molecule has 0 unspecified atom stereocenters. The molecule has 0 fully saturated rings. The highest BCUT2D eigenvalue weighted by atomic mass is 19.1. The molecular weight excluding hydrogens is 165 g/mol. The van der Waals surface area contributed by atoms with Crippen LogP contribution in [0.1, 0.15) is 25.0 Å². The first-order chi connectivity index (χ1) is 5.87. The quantitative estimate of drug-likeness (QED) is 0.745. The van der Waals surface area contributed by atoms with Gasteiger partial charge < -0.3 is 5.73 Å². The summed E-state index contributed by atoms with van der Waals surface area (Å²) < 4.78 is 13.0. The molecule has 2 heteroatoms. The van der Waals surface area contributed by atoms with E-state index < -0.39 is 0 Å².